The summed E-state index contributed by atoms with van der Waals surface area (Å²) in [7, 11) is 0. The molecule has 102 valence electrons. The normalized spacial score (nSPS) is 10.1. The molecule has 5 heteroatoms. The number of nitrogens with zero attached hydrogens (tertiary/aromatic N) is 1. The number of amides is 1. The van der Waals surface area contributed by atoms with Crippen LogP contribution in [0.15, 0.2) is 18.2 Å². The first kappa shape index (κ1) is 15.0. The van der Waals surface area contributed by atoms with Crippen molar-refractivity contribution in [2.45, 2.75) is 20.3 Å². The molecular formula is C14H18FN3O. The van der Waals surface area contributed by atoms with Crippen LogP contribution in [0.5, 0.6) is 0 Å². The van der Waals surface area contributed by atoms with Gasteiger partial charge in [-0.2, -0.15) is 5.26 Å². The number of hydrogen-bond acceptors (Lipinski definition) is 3. The minimum Gasteiger partial charge on any atom is -0.383 e. The third kappa shape index (κ3) is 5.38. The predicted molar refractivity (Wildman–Crippen MR) is 72.1 cm³/mol. The quantitative estimate of drug-likeness (QED) is 0.827. The summed E-state index contributed by atoms with van der Waals surface area (Å²) >= 11 is 0. The fourth-order valence-electron chi connectivity index (χ4n) is 1.48. The van der Waals surface area contributed by atoms with Crippen molar-refractivity contribution in [3.63, 3.8) is 0 Å². The average molecular weight is 263 g/mol. The molecule has 2 N–H and O–H groups in total. The summed E-state index contributed by atoms with van der Waals surface area (Å²) in [6, 6.07) is 5.86. The number of anilines is 1. The van der Waals surface area contributed by atoms with E-state index >= 15 is 0 Å². The van der Waals surface area contributed by atoms with Crippen LogP contribution in [0, 0.1) is 23.1 Å². The summed E-state index contributed by atoms with van der Waals surface area (Å²) in [5.41, 5.74) is 0.781. The highest BCUT2D eigenvalue weighted by Crippen LogP contribution is 2.15. The Labute approximate surface area is 112 Å². The maximum absolute atomic E-state index is 12.9. The van der Waals surface area contributed by atoms with Crippen molar-refractivity contribution in [2.24, 2.45) is 5.92 Å². The molecule has 0 saturated carbocycles. The molecule has 0 unspecified atom stereocenters. The Morgan fingerprint density at radius 1 is 1.47 bits per heavy atom. The third-order valence-electron chi connectivity index (χ3n) is 2.48. The molecule has 0 radical (unpaired) electrons. The van der Waals surface area contributed by atoms with Crippen molar-refractivity contribution in [2.75, 3.05) is 18.4 Å². The van der Waals surface area contributed by atoms with Gasteiger partial charge in [-0.15, -0.1) is 0 Å². The summed E-state index contributed by atoms with van der Waals surface area (Å²) in [5.74, 6) is -0.0715. The molecule has 1 aromatic carbocycles. The van der Waals surface area contributed by atoms with Gasteiger partial charge in [0.15, 0.2) is 0 Å². The second-order valence-electron chi connectivity index (χ2n) is 4.68. The van der Waals surface area contributed by atoms with Crippen LogP contribution in [-0.4, -0.2) is 19.0 Å². The minimum atomic E-state index is -0.447. The van der Waals surface area contributed by atoms with Crippen LogP contribution >= 0.6 is 0 Å². The topological polar surface area (TPSA) is 64.9 Å². The van der Waals surface area contributed by atoms with Gasteiger partial charge in [-0.25, -0.2) is 4.39 Å². The van der Waals surface area contributed by atoms with E-state index in [2.05, 4.69) is 10.6 Å². The van der Waals surface area contributed by atoms with Crippen molar-refractivity contribution in [3.8, 4) is 6.07 Å². The average Bonchev–Trinajstić information content (AvgIpc) is 2.38. The maximum Gasteiger partial charge on any atom is 0.221 e. The van der Waals surface area contributed by atoms with E-state index in [0.717, 1.165) is 0 Å². The van der Waals surface area contributed by atoms with Crippen LogP contribution in [0.1, 0.15) is 25.8 Å². The molecule has 0 aliphatic heterocycles. The van der Waals surface area contributed by atoms with Crippen LogP contribution in [-0.2, 0) is 4.79 Å². The number of nitriles is 1. The van der Waals surface area contributed by atoms with Gasteiger partial charge in [0, 0.05) is 19.5 Å². The molecule has 1 rings (SSSR count). The lowest BCUT2D eigenvalue weighted by molar-refractivity contribution is -0.120. The molecule has 19 heavy (non-hydrogen) atoms. The number of nitrogens with one attached hydrogen (secondary N) is 2. The van der Waals surface area contributed by atoms with Crippen molar-refractivity contribution >= 4 is 11.6 Å². The van der Waals surface area contributed by atoms with Gasteiger partial charge < -0.3 is 10.6 Å². The zero-order valence-electron chi connectivity index (χ0n) is 11.2. The zero-order valence-corrected chi connectivity index (χ0v) is 11.2. The smallest absolute Gasteiger partial charge is 0.221 e. The molecule has 0 aliphatic carbocycles. The molecule has 1 aromatic rings. The van der Waals surface area contributed by atoms with Crippen LogP contribution in [0.3, 0.4) is 0 Å². The highest BCUT2D eigenvalue weighted by molar-refractivity contribution is 5.76. The monoisotopic (exact) mass is 263 g/mol. The number of halogens is 1. The number of hydrogen-bond donors (Lipinski definition) is 2. The number of benzene rings is 1. The van der Waals surface area contributed by atoms with Crippen molar-refractivity contribution in [1.82, 2.24) is 5.32 Å². The van der Waals surface area contributed by atoms with E-state index in [0.29, 0.717) is 31.1 Å². The number of carbonyl (C=O) groups excluding carboxylic acids is 1. The van der Waals surface area contributed by atoms with E-state index in [1.165, 1.54) is 18.2 Å². The first-order chi connectivity index (χ1) is 9.02. The van der Waals surface area contributed by atoms with Crippen LogP contribution < -0.4 is 10.6 Å². The fourth-order valence-corrected chi connectivity index (χ4v) is 1.48. The number of carbonyl (C=O) groups is 1. The summed E-state index contributed by atoms with van der Waals surface area (Å²) in [6.07, 6.45) is 0.314. The Hall–Kier alpha value is -2.09. The molecule has 1 amide bonds. The third-order valence-corrected chi connectivity index (χ3v) is 2.48. The minimum absolute atomic E-state index is 0.0400. The molecule has 0 aliphatic rings. The molecule has 0 aromatic heterocycles. The van der Waals surface area contributed by atoms with Gasteiger partial charge in [-0.1, -0.05) is 13.8 Å². The van der Waals surface area contributed by atoms with Gasteiger partial charge in [-0.3, -0.25) is 4.79 Å². The summed E-state index contributed by atoms with van der Waals surface area (Å²) in [4.78, 5) is 11.5. The van der Waals surface area contributed by atoms with Gasteiger partial charge in [0.05, 0.1) is 11.3 Å². The highest BCUT2D eigenvalue weighted by atomic mass is 19.1. The molecular weight excluding hydrogens is 245 g/mol. The Morgan fingerprint density at radius 3 is 2.84 bits per heavy atom. The molecule has 0 atom stereocenters. The number of rotatable bonds is 6. The fraction of sp³-hybridized carbons (Fsp3) is 0.429. The SMILES string of the molecule is CC(C)CNC(=O)CCNc1ccc(F)cc1C#N. The molecule has 0 bridgehead atoms. The van der Waals surface area contributed by atoms with E-state index < -0.39 is 5.82 Å². The summed E-state index contributed by atoms with van der Waals surface area (Å²) in [5, 5.41) is 14.6. The van der Waals surface area contributed by atoms with Crippen LogP contribution in [0.2, 0.25) is 0 Å². The lowest BCUT2D eigenvalue weighted by Crippen LogP contribution is -2.28. The molecule has 4 nitrogen and oxygen atoms in total. The Bertz CT molecular complexity index is 480. The van der Waals surface area contributed by atoms with Crippen LogP contribution in [0.25, 0.3) is 0 Å². The van der Waals surface area contributed by atoms with Crippen LogP contribution in [0.4, 0.5) is 10.1 Å². The van der Waals surface area contributed by atoms with Crippen molar-refractivity contribution < 1.29 is 9.18 Å². The Morgan fingerprint density at radius 2 is 2.21 bits per heavy atom. The highest BCUT2D eigenvalue weighted by Gasteiger charge is 2.05. The Balaban J connectivity index is 2.41. The van der Waals surface area contributed by atoms with E-state index in [4.69, 9.17) is 5.26 Å². The standard InChI is InChI=1S/C14H18FN3O/c1-10(2)9-18-14(19)5-6-17-13-4-3-12(15)7-11(13)8-16/h3-4,7,10,17H,5-6,9H2,1-2H3,(H,18,19). The van der Waals surface area contributed by atoms with Crippen molar-refractivity contribution in [3.05, 3.63) is 29.6 Å². The second-order valence-corrected chi connectivity index (χ2v) is 4.68. The maximum atomic E-state index is 12.9. The lowest BCUT2D eigenvalue weighted by atomic mass is 10.2. The van der Waals surface area contributed by atoms with Crippen molar-refractivity contribution in [1.29, 1.82) is 5.26 Å². The van der Waals surface area contributed by atoms with Gasteiger partial charge >= 0.3 is 0 Å². The van der Waals surface area contributed by atoms with E-state index in [1.54, 1.807) is 0 Å². The predicted octanol–water partition coefficient (Wildman–Crippen LogP) is 2.27. The lowest BCUT2D eigenvalue weighted by Gasteiger charge is -2.10. The summed E-state index contributed by atoms with van der Waals surface area (Å²) in [6.45, 7) is 5.11. The van der Waals surface area contributed by atoms with E-state index in [-0.39, 0.29) is 11.5 Å². The molecule has 0 spiro atoms. The largest absolute Gasteiger partial charge is 0.383 e. The Kier molecular flexibility index (Phi) is 5.80. The van der Waals surface area contributed by atoms with Gasteiger partial charge in [0.2, 0.25) is 5.91 Å². The van der Waals surface area contributed by atoms with Gasteiger partial charge in [0.1, 0.15) is 11.9 Å². The first-order valence-electron chi connectivity index (χ1n) is 6.23. The van der Waals surface area contributed by atoms with Gasteiger partial charge in [-0.05, 0) is 24.1 Å². The zero-order chi connectivity index (χ0) is 14.3. The van der Waals surface area contributed by atoms with Gasteiger partial charge in [0.25, 0.3) is 0 Å². The van der Waals surface area contributed by atoms with E-state index in [9.17, 15) is 9.18 Å². The molecule has 0 fully saturated rings. The summed E-state index contributed by atoms with van der Waals surface area (Å²) < 4.78 is 12.9. The van der Waals surface area contributed by atoms with E-state index in [1.807, 2.05) is 19.9 Å². The molecule has 0 saturated heterocycles. The first-order valence-corrected chi connectivity index (χ1v) is 6.23. The molecule has 0 heterocycles. The second kappa shape index (κ2) is 7.37.